The number of benzene rings is 2. The number of aromatic nitrogens is 4. The lowest BCUT2D eigenvalue weighted by atomic mass is 9.39. The van der Waals surface area contributed by atoms with E-state index in [1.54, 1.807) is 16.7 Å². The summed E-state index contributed by atoms with van der Waals surface area (Å²) in [5, 5.41) is 10.2. The Morgan fingerprint density at radius 3 is 2.11 bits per heavy atom. The molecule has 8 atom stereocenters. The molecule has 7 fully saturated rings. The number of carbonyl (C=O) groups excluding carboxylic acids is 1. The number of carboxylic acids is 1. The van der Waals surface area contributed by atoms with Crippen LogP contribution in [0, 0.1) is 17.3 Å². The van der Waals surface area contributed by atoms with E-state index in [0.717, 1.165) is 62.4 Å². The van der Waals surface area contributed by atoms with Crippen molar-refractivity contribution in [1.82, 2.24) is 28.9 Å². The van der Waals surface area contributed by atoms with Crippen molar-refractivity contribution in [2.24, 2.45) is 17.3 Å². The molecular weight excluding hydrogens is 817 g/mol. The number of carboxylic acid groups (broad SMARTS) is 1. The Morgan fingerprint density at radius 1 is 0.708 bits per heavy atom. The number of nitrogens with zero attached hydrogens (tertiary/aromatic N) is 6. The number of para-hydroxylation sites is 2. The fourth-order valence-corrected chi connectivity index (χ4v) is 15.0. The summed E-state index contributed by atoms with van der Waals surface area (Å²) < 4.78 is 9.39. The molecule has 0 amide bonds. The number of rotatable bonds is 9. The lowest BCUT2D eigenvalue weighted by Gasteiger charge is -2.81. The summed E-state index contributed by atoms with van der Waals surface area (Å²) in [5.41, 5.74) is 0.167. The van der Waals surface area contributed by atoms with E-state index in [9.17, 15) is 24.3 Å². The summed E-state index contributed by atoms with van der Waals surface area (Å²) in [6, 6.07) is 14.5. The van der Waals surface area contributed by atoms with Crippen LogP contribution in [0.5, 0.6) is 5.75 Å². The number of fused-ring (bicyclic) bond motifs is 4. The molecule has 12 nitrogen and oxygen atoms in total. The minimum atomic E-state index is -1.40. The largest absolute Gasteiger partial charge is 0.476 e. The molecule has 12 heteroatoms. The summed E-state index contributed by atoms with van der Waals surface area (Å²) >= 11 is 0. The van der Waals surface area contributed by atoms with Gasteiger partial charge in [0.25, 0.3) is 11.1 Å². The smallest absolute Gasteiger partial charge is 0.368 e. The SMILES string of the molecule is CC(C[C@@H]1CCCN1C1CC2CCCC(C2)C1)n1c(=O)c(C(=O)O)nc2cc(OC(=O)c3nc4ccccc4n([C@@H]4C[C@H]5N(C6CCCCCCCCCCC6)[C@@H]6CC[C@@]654)c3=O)ccc21. The van der Waals surface area contributed by atoms with E-state index in [4.69, 9.17) is 4.74 Å². The number of piperidine rings is 2. The van der Waals surface area contributed by atoms with Gasteiger partial charge >= 0.3 is 11.9 Å². The molecule has 0 radical (unpaired) electrons. The van der Waals surface area contributed by atoms with Gasteiger partial charge in [0.1, 0.15) is 5.75 Å². The summed E-state index contributed by atoms with van der Waals surface area (Å²) in [4.78, 5) is 69.7. The van der Waals surface area contributed by atoms with Crippen LogP contribution in [0.1, 0.15) is 188 Å². The van der Waals surface area contributed by atoms with Crippen molar-refractivity contribution in [1.29, 1.82) is 0 Å². The fourth-order valence-electron chi connectivity index (χ4n) is 15.0. The maximum absolute atomic E-state index is 14.7. The van der Waals surface area contributed by atoms with Gasteiger partial charge in [-0.05, 0) is 120 Å². The Bertz CT molecular complexity index is 2560. The highest BCUT2D eigenvalue weighted by atomic mass is 16.5. The zero-order chi connectivity index (χ0) is 44.4. The zero-order valence-corrected chi connectivity index (χ0v) is 38.4. The minimum absolute atomic E-state index is 0.0163. The molecule has 4 aromatic rings. The summed E-state index contributed by atoms with van der Waals surface area (Å²) in [6.07, 6.45) is 28.5. The zero-order valence-electron chi connectivity index (χ0n) is 38.4. The van der Waals surface area contributed by atoms with Crippen LogP contribution in [-0.2, 0) is 0 Å². The number of carbonyl (C=O) groups is 2. The van der Waals surface area contributed by atoms with Crippen LogP contribution >= 0.6 is 0 Å². The number of aromatic carboxylic acids is 1. The van der Waals surface area contributed by atoms with Crippen LogP contribution in [-0.4, -0.2) is 82.7 Å². The normalized spacial score (nSPS) is 31.6. The molecule has 5 aliphatic carbocycles. The van der Waals surface area contributed by atoms with Crippen LogP contribution < -0.4 is 15.9 Å². The van der Waals surface area contributed by atoms with E-state index in [-0.39, 0.29) is 34.5 Å². The molecule has 346 valence electrons. The summed E-state index contributed by atoms with van der Waals surface area (Å²) in [6.45, 7) is 3.07. The molecule has 7 aliphatic rings. The molecule has 2 aromatic heterocycles. The Kier molecular flexibility index (Phi) is 11.7. The van der Waals surface area contributed by atoms with Gasteiger partial charge in [-0.25, -0.2) is 19.6 Å². The van der Waals surface area contributed by atoms with Crippen LogP contribution in [0.4, 0.5) is 0 Å². The van der Waals surface area contributed by atoms with Gasteiger partial charge in [-0.3, -0.25) is 19.4 Å². The second-order valence-corrected chi connectivity index (χ2v) is 21.5. The predicted molar refractivity (Wildman–Crippen MR) is 251 cm³/mol. The second-order valence-electron chi connectivity index (χ2n) is 21.5. The highest BCUT2D eigenvalue weighted by Crippen LogP contribution is 2.73. The number of ether oxygens (including phenoxy) is 1. The maximum atomic E-state index is 14.7. The van der Waals surface area contributed by atoms with Crippen molar-refractivity contribution in [3.8, 4) is 5.75 Å². The topological polar surface area (TPSA) is 140 Å². The Labute approximate surface area is 382 Å². The molecule has 65 heavy (non-hydrogen) atoms. The van der Waals surface area contributed by atoms with E-state index in [1.807, 2.05) is 35.8 Å². The van der Waals surface area contributed by atoms with Crippen LogP contribution in [0.25, 0.3) is 22.1 Å². The average Bonchev–Trinajstić information content (AvgIpc) is 3.73. The third-order valence-electron chi connectivity index (χ3n) is 18.0. The monoisotopic (exact) mass is 885 g/mol. The lowest BCUT2D eigenvalue weighted by molar-refractivity contribution is -0.308. The van der Waals surface area contributed by atoms with Crippen molar-refractivity contribution < 1.29 is 19.4 Å². The maximum Gasteiger partial charge on any atom is 0.368 e. The van der Waals surface area contributed by atoms with E-state index in [0.29, 0.717) is 41.2 Å². The highest BCUT2D eigenvalue weighted by Gasteiger charge is 2.76. The Morgan fingerprint density at radius 2 is 1.42 bits per heavy atom. The van der Waals surface area contributed by atoms with Crippen molar-refractivity contribution >= 4 is 34.0 Å². The van der Waals surface area contributed by atoms with Gasteiger partial charge in [-0.1, -0.05) is 89.2 Å². The van der Waals surface area contributed by atoms with E-state index < -0.39 is 28.8 Å². The molecule has 2 saturated heterocycles. The standard InChI is InChI=1S/C53H68N6O6/c1-33(27-37-19-14-26-56(37)38-29-34-15-13-16-35(28-34)30-38)57-43-23-22-39(31-41(43)55-47(49(57)60)51(62)63)65-52(64)48-50(61)59(42-21-12-11-20-40(42)54-48)46-32-45-53(46)25-24-44(53)58(45)36-17-9-7-5-3-2-4-6-8-10-18-36/h11-12,20-23,31,33-38,44-46H,2-10,13-19,24-30,32H2,1H3,(H,62,63)/t33?,34?,35?,37-,38?,44+,45+,46+,53+/m0/s1. The number of likely N-dealkylation sites (tertiary alicyclic amines) is 2. The first kappa shape index (κ1) is 43.2. The van der Waals surface area contributed by atoms with Crippen molar-refractivity contribution in [2.45, 2.75) is 197 Å². The van der Waals surface area contributed by atoms with Crippen molar-refractivity contribution in [2.75, 3.05) is 6.54 Å². The van der Waals surface area contributed by atoms with Gasteiger partial charge in [0.05, 0.1) is 22.1 Å². The molecule has 5 saturated carbocycles. The lowest BCUT2D eigenvalue weighted by Crippen LogP contribution is -2.86. The first-order valence-corrected chi connectivity index (χ1v) is 25.8. The van der Waals surface area contributed by atoms with Gasteiger partial charge in [0, 0.05) is 53.8 Å². The average molecular weight is 885 g/mol. The van der Waals surface area contributed by atoms with Gasteiger partial charge in [-0.15, -0.1) is 0 Å². The third-order valence-corrected chi connectivity index (χ3v) is 18.0. The minimum Gasteiger partial charge on any atom is -0.476 e. The van der Waals surface area contributed by atoms with Gasteiger partial charge in [0.15, 0.2) is 0 Å². The summed E-state index contributed by atoms with van der Waals surface area (Å²) in [7, 11) is 0. The van der Waals surface area contributed by atoms with Crippen LogP contribution in [0.15, 0.2) is 52.1 Å². The molecule has 3 unspecified atom stereocenters. The predicted octanol–water partition coefficient (Wildman–Crippen LogP) is 9.86. The van der Waals surface area contributed by atoms with Crippen molar-refractivity contribution in [3.05, 3.63) is 74.6 Å². The third kappa shape index (κ3) is 7.57. The molecule has 4 heterocycles. The molecule has 2 bridgehead atoms. The van der Waals surface area contributed by atoms with E-state index in [2.05, 4.69) is 19.8 Å². The Hall–Kier alpha value is -4.42. The first-order chi connectivity index (χ1) is 31.7. The quantitative estimate of drug-likeness (QED) is 0.128. The second kappa shape index (κ2) is 17.7. The molecular formula is C53H68N6O6. The van der Waals surface area contributed by atoms with Crippen LogP contribution in [0.3, 0.4) is 0 Å². The van der Waals surface area contributed by atoms with Crippen LogP contribution in [0.2, 0.25) is 0 Å². The molecule has 2 aromatic carbocycles. The Balaban J connectivity index is 0.843. The van der Waals surface area contributed by atoms with Gasteiger partial charge < -0.3 is 19.0 Å². The molecule has 1 spiro atoms. The van der Waals surface area contributed by atoms with Gasteiger partial charge in [-0.2, -0.15) is 0 Å². The first-order valence-electron chi connectivity index (χ1n) is 25.8. The molecule has 11 rings (SSSR count). The number of hydrogen-bond donors (Lipinski definition) is 1. The summed E-state index contributed by atoms with van der Waals surface area (Å²) in [5.74, 6) is -0.534. The van der Waals surface area contributed by atoms with Gasteiger partial charge in [0.2, 0.25) is 11.4 Å². The molecule has 1 N–H and O–H groups in total. The highest BCUT2D eigenvalue weighted by molar-refractivity contribution is 5.92. The molecule has 2 aliphatic heterocycles. The van der Waals surface area contributed by atoms with E-state index in [1.165, 1.54) is 115 Å². The van der Waals surface area contributed by atoms with E-state index >= 15 is 0 Å². The fraction of sp³-hybridized carbons (Fsp3) is 0.660. The van der Waals surface area contributed by atoms with Crippen molar-refractivity contribution in [3.63, 3.8) is 0 Å². The number of esters is 1. The number of hydrogen-bond acceptors (Lipinski definition) is 9.